The fraction of sp³-hybridized carbons (Fsp3) is 0.474. The smallest absolute Gasteiger partial charge is 0.328 e. The molecular formula is C19H22N2O5. The van der Waals surface area contributed by atoms with Gasteiger partial charge in [-0.15, -0.1) is 0 Å². The minimum absolute atomic E-state index is 0.0271. The molecule has 26 heavy (non-hydrogen) atoms. The van der Waals surface area contributed by atoms with Gasteiger partial charge in [0.2, 0.25) is 5.91 Å². The van der Waals surface area contributed by atoms with Crippen LogP contribution < -0.4 is 0 Å². The predicted molar refractivity (Wildman–Crippen MR) is 92.4 cm³/mol. The number of amides is 3. The standard InChI is InChI=1S/C19H22N2O5/c1-26-19(25)15-9-10-16(22)20(15)11-5-2-6-12-21-17(23)13-7-3-4-8-14(13)18(21)24/h3-4,7-8,15H,2,5-6,9-12H2,1H3/t15-/m0/s1. The Bertz CT molecular complexity index is 710. The molecule has 1 saturated heterocycles. The van der Waals surface area contributed by atoms with Crippen LogP contribution in [0.1, 0.15) is 52.8 Å². The van der Waals surface area contributed by atoms with Crippen LogP contribution in [0.2, 0.25) is 0 Å². The van der Waals surface area contributed by atoms with Gasteiger partial charge in [-0.3, -0.25) is 19.3 Å². The highest BCUT2D eigenvalue weighted by molar-refractivity contribution is 6.21. The van der Waals surface area contributed by atoms with Crippen LogP contribution in [0, 0.1) is 0 Å². The van der Waals surface area contributed by atoms with E-state index in [0.717, 1.165) is 6.42 Å². The van der Waals surface area contributed by atoms with E-state index in [4.69, 9.17) is 4.74 Å². The highest BCUT2D eigenvalue weighted by Gasteiger charge is 2.36. The average Bonchev–Trinajstić information content (AvgIpc) is 3.14. The summed E-state index contributed by atoms with van der Waals surface area (Å²) in [6, 6.07) is 6.35. The van der Waals surface area contributed by atoms with Crippen LogP contribution in [0.4, 0.5) is 0 Å². The van der Waals surface area contributed by atoms with Gasteiger partial charge in [0.25, 0.3) is 11.8 Å². The van der Waals surface area contributed by atoms with Gasteiger partial charge in [-0.05, 0) is 37.8 Å². The fourth-order valence-electron chi connectivity index (χ4n) is 3.57. The molecule has 1 fully saturated rings. The van der Waals surface area contributed by atoms with Crippen molar-refractivity contribution in [3.05, 3.63) is 35.4 Å². The van der Waals surface area contributed by atoms with Crippen molar-refractivity contribution in [2.24, 2.45) is 0 Å². The molecule has 0 aromatic heterocycles. The van der Waals surface area contributed by atoms with E-state index in [0.29, 0.717) is 49.9 Å². The van der Waals surface area contributed by atoms with Crippen LogP contribution in [0.15, 0.2) is 24.3 Å². The lowest BCUT2D eigenvalue weighted by atomic mass is 10.1. The predicted octanol–water partition coefficient (Wildman–Crippen LogP) is 1.62. The highest BCUT2D eigenvalue weighted by atomic mass is 16.5. The number of benzene rings is 1. The summed E-state index contributed by atoms with van der Waals surface area (Å²) in [5, 5.41) is 0. The van der Waals surface area contributed by atoms with Gasteiger partial charge in [0, 0.05) is 19.5 Å². The third kappa shape index (κ3) is 3.34. The second kappa shape index (κ2) is 7.68. The molecule has 0 N–H and O–H groups in total. The number of carbonyl (C=O) groups excluding carboxylic acids is 4. The molecule has 1 atom stereocenters. The lowest BCUT2D eigenvalue weighted by Crippen LogP contribution is -2.39. The summed E-state index contributed by atoms with van der Waals surface area (Å²) < 4.78 is 4.75. The van der Waals surface area contributed by atoms with Gasteiger partial charge in [-0.25, -0.2) is 4.79 Å². The summed E-state index contributed by atoms with van der Waals surface area (Å²) in [6.07, 6.45) is 3.00. The van der Waals surface area contributed by atoms with Crippen LogP contribution >= 0.6 is 0 Å². The number of esters is 1. The van der Waals surface area contributed by atoms with Gasteiger partial charge in [0.05, 0.1) is 18.2 Å². The number of unbranched alkanes of at least 4 members (excludes halogenated alkanes) is 2. The second-order valence-electron chi connectivity index (χ2n) is 6.53. The molecule has 2 heterocycles. The summed E-state index contributed by atoms with van der Waals surface area (Å²) in [7, 11) is 1.32. The maximum absolute atomic E-state index is 12.3. The monoisotopic (exact) mass is 358 g/mol. The summed E-state index contributed by atoms with van der Waals surface area (Å²) in [5.74, 6) is -0.889. The summed E-state index contributed by atoms with van der Waals surface area (Å²) in [6.45, 7) is 0.849. The molecule has 0 unspecified atom stereocenters. The fourth-order valence-corrected chi connectivity index (χ4v) is 3.57. The summed E-state index contributed by atoms with van der Waals surface area (Å²) >= 11 is 0. The first-order chi connectivity index (χ1) is 12.5. The molecule has 0 aliphatic carbocycles. The van der Waals surface area contributed by atoms with Crippen LogP contribution in [0.3, 0.4) is 0 Å². The normalized spacial score (nSPS) is 19.3. The Morgan fingerprint density at radius 3 is 2.27 bits per heavy atom. The van der Waals surface area contributed by atoms with Crippen LogP contribution in [0.5, 0.6) is 0 Å². The van der Waals surface area contributed by atoms with Gasteiger partial charge in [0.15, 0.2) is 0 Å². The maximum Gasteiger partial charge on any atom is 0.328 e. The third-order valence-electron chi connectivity index (χ3n) is 4.96. The van der Waals surface area contributed by atoms with E-state index >= 15 is 0 Å². The number of carbonyl (C=O) groups is 4. The van der Waals surface area contributed by atoms with E-state index in [1.165, 1.54) is 12.0 Å². The lowest BCUT2D eigenvalue weighted by Gasteiger charge is -2.22. The summed E-state index contributed by atoms with van der Waals surface area (Å²) in [4.78, 5) is 51.0. The largest absolute Gasteiger partial charge is 0.467 e. The first-order valence-corrected chi connectivity index (χ1v) is 8.87. The Morgan fingerprint density at radius 2 is 1.65 bits per heavy atom. The van der Waals surface area contributed by atoms with E-state index in [1.54, 1.807) is 29.2 Å². The number of ether oxygens (including phenoxy) is 1. The highest BCUT2D eigenvalue weighted by Crippen LogP contribution is 2.23. The Hall–Kier alpha value is -2.70. The zero-order valence-corrected chi connectivity index (χ0v) is 14.8. The first kappa shape index (κ1) is 18.1. The third-order valence-corrected chi connectivity index (χ3v) is 4.96. The molecule has 0 saturated carbocycles. The molecule has 0 spiro atoms. The van der Waals surface area contributed by atoms with Crippen molar-refractivity contribution in [1.82, 2.24) is 9.80 Å². The number of fused-ring (bicyclic) bond motifs is 1. The number of imide groups is 1. The molecule has 0 bridgehead atoms. The van der Waals surface area contributed by atoms with Crippen molar-refractivity contribution >= 4 is 23.7 Å². The second-order valence-corrected chi connectivity index (χ2v) is 6.53. The van der Waals surface area contributed by atoms with Crippen molar-refractivity contribution in [3.8, 4) is 0 Å². The molecule has 7 nitrogen and oxygen atoms in total. The Labute approximate surface area is 151 Å². The molecule has 2 aliphatic rings. The van der Waals surface area contributed by atoms with Crippen LogP contribution in [-0.2, 0) is 14.3 Å². The van der Waals surface area contributed by atoms with Crippen molar-refractivity contribution in [2.45, 2.75) is 38.1 Å². The Morgan fingerprint density at radius 1 is 1.04 bits per heavy atom. The van der Waals surface area contributed by atoms with E-state index < -0.39 is 6.04 Å². The zero-order valence-electron chi connectivity index (χ0n) is 14.8. The number of nitrogens with zero attached hydrogens (tertiary/aromatic N) is 2. The van der Waals surface area contributed by atoms with E-state index in [2.05, 4.69) is 0 Å². The van der Waals surface area contributed by atoms with Crippen molar-refractivity contribution in [3.63, 3.8) is 0 Å². The van der Waals surface area contributed by atoms with Crippen molar-refractivity contribution < 1.29 is 23.9 Å². The molecular weight excluding hydrogens is 336 g/mol. The molecule has 7 heteroatoms. The minimum Gasteiger partial charge on any atom is -0.467 e. The SMILES string of the molecule is COC(=O)[C@@H]1CCC(=O)N1CCCCCN1C(=O)c2ccccc2C1=O. The minimum atomic E-state index is -0.483. The molecule has 0 radical (unpaired) electrons. The quantitative estimate of drug-likeness (QED) is 0.420. The van der Waals surface area contributed by atoms with Gasteiger partial charge in [-0.1, -0.05) is 12.1 Å². The van der Waals surface area contributed by atoms with E-state index in [9.17, 15) is 19.2 Å². The molecule has 138 valence electrons. The van der Waals surface area contributed by atoms with Crippen molar-refractivity contribution in [2.75, 3.05) is 20.2 Å². The van der Waals surface area contributed by atoms with E-state index in [-0.39, 0.29) is 23.7 Å². The Balaban J connectivity index is 1.45. The number of methoxy groups -OCH3 is 1. The molecule has 2 aliphatic heterocycles. The molecule has 3 rings (SSSR count). The number of hydrogen-bond donors (Lipinski definition) is 0. The van der Waals surface area contributed by atoms with E-state index in [1.807, 2.05) is 0 Å². The molecule has 1 aromatic carbocycles. The number of rotatable bonds is 7. The number of likely N-dealkylation sites (tertiary alicyclic amines) is 1. The Kier molecular flexibility index (Phi) is 5.35. The maximum atomic E-state index is 12.3. The lowest BCUT2D eigenvalue weighted by molar-refractivity contribution is -0.149. The first-order valence-electron chi connectivity index (χ1n) is 8.87. The topological polar surface area (TPSA) is 84.0 Å². The van der Waals surface area contributed by atoms with Gasteiger partial charge < -0.3 is 9.64 Å². The van der Waals surface area contributed by atoms with Gasteiger partial charge in [0.1, 0.15) is 6.04 Å². The summed E-state index contributed by atoms with van der Waals surface area (Å²) in [5.41, 5.74) is 0.919. The molecule has 3 amide bonds. The van der Waals surface area contributed by atoms with Crippen LogP contribution in [0.25, 0.3) is 0 Å². The van der Waals surface area contributed by atoms with Gasteiger partial charge >= 0.3 is 5.97 Å². The average molecular weight is 358 g/mol. The number of hydrogen-bond acceptors (Lipinski definition) is 5. The van der Waals surface area contributed by atoms with Crippen LogP contribution in [-0.4, -0.2) is 59.7 Å². The van der Waals surface area contributed by atoms with Crippen molar-refractivity contribution in [1.29, 1.82) is 0 Å². The zero-order chi connectivity index (χ0) is 18.7. The molecule has 1 aromatic rings. The van der Waals surface area contributed by atoms with Gasteiger partial charge in [-0.2, -0.15) is 0 Å².